The SMILES string of the molecule is NC(=NO)c1cc(OC(F)(F)F)cc(-c2ccc(O)cc2)c1-c1cc(F)cc(F)c1. The summed E-state index contributed by atoms with van der Waals surface area (Å²) in [5.74, 6) is -3.31. The van der Waals surface area contributed by atoms with Gasteiger partial charge in [-0.2, -0.15) is 0 Å². The number of oxime groups is 1. The maximum absolute atomic E-state index is 13.9. The van der Waals surface area contributed by atoms with Crippen molar-refractivity contribution in [2.24, 2.45) is 10.9 Å². The van der Waals surface area contributed by atoms with E-state index in [2.05, 4.69) is 9.89 Å². The summed E-state index contributed by atoms with van der Waals surface area (Å²) in [6.07, 6.45) is -5.04. The molecule has 0 heterocycles. The topological polar surface area (TPSA) is 88.1 Å². The Morgan fingerprint density at radius 2 is 1.50 bits per heavy atom. The number of benzene rings is 3. The van der Waals surface area contributed by atoms with Crippen molar-refractivity contribution in [3.05, 3.63) is 71.8 Å². The van der Waals surface area contributed by atoms with Crippen LogP contribution in [0.5, 0.6) is 11.5 Å². The lowest BCUT2D eigenvalue weighted by atomic mass is 9.89. The largest absolute Gasteiger partial charge is 0.573 e. The molecular formula is C20H13F5N2O3. The molecule has 0 aliphatic carbocycles. The molecule has 0 aliphatic rings. The van der Waals surface area contributed by atoms with E-state index in [1.54, 1.807) is 0 Å². The second kappa shape index (κ2) is 7.90. The van der Waals surface area contributed by atoms with E-state index in [0.717, 1.165) is 24.3 Å². The first-order valence-corrected chi connectivity index (χ1v) is 8.25. The summed E-state index contributed by atoms with van der Waals surface area (Å²) in [4.78, 5) is 0. The van der Waals surface area contributed by atoms with Crippen LogP contribution in [0.2, 0.25) is 0 Å². The molecule has 3 rings (SSSR count). The Hall–Kier alpha value is -3.82. The van der Waals surface area contributed by atoms with Crippen LogP contribution in [-0.2, 0) is 0 Å². The van der Waals surface area contributed by atoms with E-state index in [1.165, 1.54) is 24.3 Å². The maximum Gasteiger partial charge on any atom is 0.573 e. The van der Waals surface area contributed by atoms with E-state index in [9.17, 15) is 27.1 Å². The number of phenols is 1. The highest BCUT2D eigenvalue weighted by atomic mass is 19.4. The Bertz CT molecular complexity index is 1090. The van der Waals surface area contributed by atoms with E-state index in [0.29, 0.717) is 6.07 Å². The molecule has 0 fully saturated rings. The zero-order valence-electron chi connectivity index (χ0n) is 14.9. The van der Waals surface area contributed by atoms with Crippen LogP contribution in [0.3, 0.4) is 0 Å². The van der Waals surface area contributed by atoms with Gasteiger partial charge in [-0.25, -0.2) is 8.78 Å². The molecule has 156 valence electrons. The average molecular weight is 424 g/mol. The third-order valence-corrected chi connectivity index (χ3v) is 4.06. The molecule has 0 aliphatic heterocycles. The molecule has 5 nitrogen and oxygen atoms in total. The van der Waals surface area contributed by atoms with Gasteiger partial charge in [0.05, 0.1) is 0 Å². The summed E-state index contributed by atoms with van der Waals surface area (Å²) in [7, 11) is 0. The van der Waals surface area contributed by atoms with Gasteiger partial charge in [0.15, 0.2) is 5.84 Å². The number of aromatic hydroxyl groups is 1. The molecule has 0 aromatic heterocycles. The predicted octanol–water partition coefficient (Wildman–Crippen LogP) is 5.00. The first kappa shape index (κ1) is 20.9. The monoisotopic (exact) mass is 424 g/mol. The molecule has 0 saturated heterocycles. The Balaban J connectivity index is 2.40. The Morgan fingerprint density at radius 3 is 2.03 bits per heavy atom. The van der Waals surface area contributed by atoms with Gasteiger partial charge in [-0.05, 0) is 53.1 Å². The normalized spacial score (nSPS) is 12.1. The molecule has 3 aromatic carbocycles. The summed E-state index contributed by atoms with van der Waals surface area (Å²) in [6.45, 7) is 0. The number of rotatable bonds is 4. The number of hydrogen-bond acceptors (Lipinski definition) is 4. The van der Waals surface area contributed by atoms with Crippen molar-refractivity contribution in [2.45, 2.75) is 6.36 Å². The van der Waals surface area contributed by atoms with Crippen molar-refractivity contribution in [1.82, 2.24) is 0 Å². The molecule has 3 aromatic rings. The fourth-order valence-electron chi connectivity index (χ4n) is 2.94. The molecule has 0 amide bonds. The average Bonchev–Trinajstić information content (AvgIpc) is 2.65. The second-order valence-corrected chi connectivity index (χ2v) is 6.13. The number of amidine groups is 1. The predicted molar refractivity (Wildman–Crippen MR) is 98.1 cm³/mol. The number of phenolic OH excluding ortho intramolecular Hbond substituents is 1. The van der Waals surface area contributed by atoms with Crippen LogP contribution in [0.15, 0.2) is 59.8 Å². The van der Waals surface area contributed by atoms with Gasteiger partial charge in [0.25, 0.3) is 0 Å². The highest BCUT2D eigenvalue weighted by Crippen LogP contribution is 2.40. The quantitative estimate of drug-likeness (QED) is 0.181. The van der Waals surface area contributed by atoms with E-state index in [4.69, 9.17) is 10.9 Å². The molecule has 0 spiro atoms. The minimum Gasteiger partial charge on any atom is -0.508 e. The van der Waals surface area contributed by atoms with Gasteiger partial charge in [-0.3, -0.25) is 0 Å². The van der Waals surface area contributed by atoms with Gasteiger partial charge < -0.3 is 20.8 Å². The minimum absolute atomic E-state index is 0.0103. The van der Waals surface area contributed by atoms with Crippen molar-refractivity contribution in [3.63, 3.8) is 0 Å². The zero-order valence-corrected chi connectivity index (χ0v) is 14.9. The smallest absolute Gasteiger partial charge is 0.508 e. The molecular weight excluding hydrogens is 411 g/mol. The minimum atomic E-state index is -5.04. The molecule has 10 heteroatoms. The van der Waals surface area contributed by atoms with Crippen molar-refractivity contribution >= 4 is 5.84 Å². The maximum atomic E-state index is 13.9. The molecule has 0 unspecified atom stereocenters. The highest BCUT2D eigenvalue weighted by Gasteiger charge is 2.32. The van der Waals surface area contributed by atoms with Gasteiger partial charge in [0.1, 0.15) is 23.1 Å². The summed E-state index contributed by atoms with van der Waals surface area (Å²) in [6, 6.07) is 9.62. The number of nitrogens with zero attached hydrogens (tertiary/aromatic N) is 1. The van der Waals surface area contributed by atoms with Crippen molar-refractivity contribution in [2.75, 3.05) is 0 Å². The Kier molecular flexibility index (Phi) is 5.50. The van der Waals surface area contributed by atoms with E-state index >= 15 is 0 Å². The summed E-state index contributed by atoms with van der Waals surface area (Å²) in [5.41, 5.74) is 5.61. The van der Waals surface area contributed by atoms with Crippen molar-refractivity contribution in [1.29, 1.82) is 0 Å². The molecule has 4 N–H and O–H groups in total. The van der Waals surface area contributed by atoms with Crippen LogP contribution >= 0.6 is 0 Å². The Morgan fingerprint density at radius 1 is 0.900 bits per heavy atom. The number of hydrogen-bond donors (Lipinski definition) is 3. The standard InChI is InChI=1S/C20H13F5N2O3/c21-12-5-11(6-13(22)7-12)18-16(10-1-3-14(28)4-2-10)8-15(30-20(23,24)25)9-17(18)19(26)27-29/h1-9,28-29H,(H2,26,27). The van der Waals surface area contributed by atoms with Gasteiger partial charge in [0.2, 0.25) is 0 Å². The van der Waals surface area contributed by atoms with Gasteiger partial charge in [0, 0.05) is 17.2 Å². The van der Waals surface area contributed by atoms with Crippen LogP contribution < -0.4 is 10.5 Å². The number of halogens is 5. The first-order valence-electron chi connectivity index (χ1n) is 8.25. The van der Waals surface area contributed by atoms with Crippen LogP contribution in [-0.4, -0.2) is 22.5 Å². The highest BCUT2D eigenvalue weighted by molar-refractivity contribution is 6.07. The number of alkyl halides is 3. The lowest BCUT2D eigenvalue weighted by molar-refractivity contribution is -0.274. The van der Waals surface area contributed by atoms with Crippen LogP contribution in [0.4, 0.5) is 22.0 Å². The third kappa shape index (κ3) is 4.59. The molecule has 0 saturated carbocycles. The van der Waals surface area contributed by atoms with Crippen molar-refractivity contribution in [3.8, 4) is 33.8 Å². The zero-order chi connectivity index (χ0) is 22.1. The van der Waals surface area contributed by atoms with E-state index in [-0.39, 0.29) is 33.6 Å². The molecule has 0 bridgehead atoms. The van der Waals surface area contributed by atoms with E-state index < -0.39 is 29.6 Å². The van der Waals surface area contributed by atoms with Crippen LogP contribution in [0.1, 0.15) is 5.56 Å². The summed E-state index contributed by atoms with van der Waals surface area (Å²) >= 11 is 0. The summed E-state index contributed by atoms with van der Waals surface area (Å²) < 4.78 is 70.1. The van der Waals surface area contributed by atoms with Crippen LogP contribution in [0, 0.1) is 11.6 Å². The van der Waals surface area contributed by atoms with Gasteiger partial charge in [-0.15, -0.1) is 13.2 Å². The van der Waals surface area contributed by atoms with Crippen molar-refractivity contribution < 1.29 is 37.0 Å². The lowest BCUT2D eigenvalue weighted by Crippen LogP contribution is -2.19. The summed E-state index contributed by atoms with van der Waals surface area (Å²) in [5, 5.41) is 21.4. The number of ether oxygens (including phenoxy) is 1. The van der Waals surface area contributed by atoms with Gasteiger partial charge >= 0.3 is 6.36 Å². The second-order valence-electron chi connectivity index (χ2n) is 6.13. The van der Waals surface area contributed by atoms with Gasteiger partial charge in [-0.1, -0.05) is 17.3 Å². The fourth-order valence-corrected chi connectivity index (χ4v) is 2.94. The first-order chi connectivity index (χ1) is 14.1. The lowest BCUT2D eigenvalue weighted by Gasteiger charge is -2.18. The fraction of sp³-hybridized carbons (Fsp3) is 0.0500. The van der Waals surface area contributed by atoms with E-state index in [1.807, 2.05) is 0 Å². The molecule has 0 radical (unpaired) electrons. The Labute approximate surface area is 166 Å². The third-order valence-electron chi connectivity index (χ3n) is 4.06. The van der Waals surface area contributed by atoms with Crippen LogP contribution in [0.25, 0.3) is 22.3 Å². The molecule has 30 heavy (non-hydrogen) atoms. The number of nitrogens with two attached hydrogens (primary N) is 1. The molecule has 0 atom stereocenters.